The van der Waals surface area contributed by atoms with E-state index in [0.29, 0.717) is 0 Å². The van der Waals surface area contributed by atoms with Crippen LogP contribution in [0.3, 0.4) is 0 Å². The standard InChI is InChI=1S/C16H23NO2/c1-12-6-7-16(18-3)15(9-12)13(2)17-10-14-5-4-8-19-11-14/h5-7,9,13,17H,4,8,10-11H2,1-3H3/t13-/m1/s1. The number of methoxy groups -OCH3 is 1. The van der Waals surface area contributed by atoms with Crippen molar-refractivity contribution in [3.8, 4) is 5.75 Å². The van der Waals surface area contributed by atoms with Gasteiger partial charge in [0.05, 0.1) is 20.3 Å². The van der Waals surface area contributed by atoms with Crippen LogP contribution in [0.25, 0.3) is 0 Å². The normalized spacial score (nSPS) is 16.9. The lowest BCUT2D eigenvalue weighted by Crippen LogP contribution is -2.24. The zero-order valence-corrected chi connectivity index (χ0v) is 12.0. The Bertz CT molecular complexity index is 454. The van der Waals surface area contributed by atoms with Gasteiger partial charge in [-0.1, -0.05) is 23.8 Å². The lowest BCUT2D eigenvalue weighted by Gasteiger charge is -2.20. The van der Waals surface area contributed by atoms with Gasteiger partial charge >= 0.3 is 0 Å². The maximum Gasteiger partial charge on any atom is 0.123 e. The van der Waals surface area contributed by atoms with Gasteiger partial charge in [0.1, 0.15) is 5.75 Å². The van der Waals surface area contributed by atoms with E-state index in [1.807, 2.05) is 6.07 Å². The summed E-state index contributed by atoms with van der Waals surface area (Å²) in [6, 6.07) is 6.55. The van der Waals surface area contributed by atoms with Gasteiger partial charge in [0.2, 0.25) is 0 Å². The Labute approximate surface area is 115 Å². The fraction of sp³-hybridized carbons (Fsp3) is 0.500. The molecule has 1 aromatic carbocycles. The minimum absolute atomic E-state index is 0.262. The van der Waals surface area contributed by atoms with E-state index in [2.05, 4.69) is 37.4 Å². The van der Waals surface area contributed by atoms with Crippen molar-refractivity contribution < 1.29 is 9.47 Å². The van der Waals surface area contributed by atoms with E-state index < -0.39 is 0 Å². The Morgan fingerprint density at radius 3 is 2.95 bits per heavy atom. The Morgan fingerprint density at radius 2 is 2.26 bits per heavy atom. The van der Waals surface area contributed by atoms with E-state index in [0.717, 1.165) is 31.9 Å². The molecule has 0 fully saturated rings. The van der Waals surface area contributed by atoms with Crippen LogP contribution in [0.5, 0.6) is 5.75 Å². The zero-order valence-electron chi connectivity index (χ0n) is 12.0. The summed E-state index contributed by atoms with van der Waals surface area (Å²) < 4.78 is 10.9. The van der Waals surface area contributed by atoms with Gasteiger partial charge in [0.15, 0.2) is 0 Å². The molecular weight excluding hydrogens is 238 g/mol. The van der Waals surface area contributed by atoms with E-state index in [-0.39, 0.29) is 6.04 Å². The number of benzene rings is 1. The van der Waals surface area contributed by atoms with E-state index in [9.17, 15) is 0 Å². The van der Waals surface area contributed by atoms with Crippen LogP contribution < -0.4 is 10.1 Å². The smallest absolute Gasteiger partial charge is 0.123 e. The number of hydrogen-bond acceptors (Lipinski definition) is 3. The Kier molecular flexibility index (Phi) is 5.00. The second-order valence-corrected chi connectivity index (χ2v) is 5.05. The van der Waals surface area contributed by atoms with E-state index in [1.165, 1.54) is 16.7 Å². The number of nitrogens with one attached hydrogen (secondary N) is 1. The molecule has 0 aliphatic carbocycles. The highest BCUT2D eigenvalue weighted by Crippen LogP contribution is 2.26. The van der Waals surface area contributed by atoms with Crippen LogP contribution in [0.4, 0.5) is 0 Å². The molecular formula is C16H23NO2. The van der Waals surface area contributed by atoms with Crippen molar-refractivity contribution in [2.75, 3.05) is 26.9 Å². The molecule has 0 aromatic heterocycles. The molecule has 0 radical (unpaired) electrons. The van der Waals surface area contributed by atoms with Gasteiger partial charge in [-0.3, -0.25) is 0 Å². The van der Waals surface area contributed by atoms with Crippen LogP contribution in [0.2, 0.25) is 0 Å². The van der Waals surface area contributed by atoms with Crippen molar-refractivity contribution in [2.45, 2.75) is 26.3 Å². The monoisotopic (exact) mass is 261 g/mol. The van der Waals surface area contributed by atoms with Gasteiger partial charge in [-0.05, 0) is 31.9 Å². The van der Waals surface area contributed by atoms with Crippen LogP contribution in [0.15, 0.2) is 29.8 Å². The van der Waals surface area contributed by atoms with Crippen LogP contribution in [-0.2, 0) is 4.74 Å². The van der Waals surface area contributed by atoms with Gasteiger partial charge in [-0.25, -0.2) is 0 Å². The van der Waals surface area contributed by atoms with Gasteiger partial charge < -0.3 is 14.8 Å². The van der Waals surface area contributed by atoms with Crippen molar-refractivity contribution in [1.29, 1.82) is 0 Å². The van der Waals surface area contributed by atoms with Crippen molar-refractivity contribution >= 4 is 0 Å². The first-order valence-corrected chi connectivity index (χ1v) is 6.84. The molecule has 0 bridgehead atoms. The number of rotatable bonds is 5. The first-order chi connectivity index (χ1) is 9.20. The van der Waals surface area contributed by atoms with Crippen molar-refractivity contribution in [2.24, 2.45) is 0 Å². The SMILES string of the molecule is COc1ccc(C)cc1[C@@H](C)NCC1=CCCOC1. The van der Waals surface area contributed by atoms with Gasteiger partial charge in [-0.15, -0.1) is 0 Å². The largest absolute Gasteiger partial charge is 0.496 e. The van der Waals surface area contributed by atoms with Crippen molar-refractivity contribution in [3.63, 3.8) is 0 Å². The minimum Gasteiger partial charge on any atom is -0.496 e. The second-order valence-electron chi connectivity index (χ2n) is 5.05. The highest BCUT2D eigenvalue weighted by molar-refractivity contribution is 5.39. The quantitative estimate of drug-likeness (QED) is 0.827. The van der Waals surface area contributed by atoms with E-state index >= 15 is 0 Å². The molecule has 0 saturated carbocycles. The number of ether oxygens (including phenoxy) is 2. The summed E-state index contributed by atoms with van der Waals surface area (Å²) in [4.78, 5) is 0. The third-order valence-electron chi connectivity index (χ3n) is 3.47. The molecule has 1 N–H and O–H groups in total. The highest BCUT2D eigenvalue weighted by Gasteiger charge is 2.12. The first-order valence-electron chi connectivity index (χ1n) is 6.84. The van der Waals surface area contributed by atoms with E-state index in [1.54, 1.807) is 7.11 Å². The molecule has 0 spiro atoms. The summed E-state index contributed by atoms with van der Waals surface area (Å²) in [5, 5.41) is 3.54. The summed E-state index contributed by atoms with van der Waals surface area (Å²) in [6.07, 6.45) is 3.30. The van der Waals surface area contributed by atoms with Gasteiger partial charge in [0.25, 0.3) is 0 Å². The second kappa shape index (κ2) is 6.73. The molecule has 0 unspecified atom stereocenters. The lowest BCUT2D eigenvalue weighted by molar-refractivity contribution is 0.148. The minimum atomic E-state index is 0.262. The Hall–Kier alpha value is -1.32. The summed E-state index contributed by atoms with van der Waals surface area (Å²) in [5.41, 5.74) is 3.80. The molecule has 3 heteroatoms. The molecule has 2 rings (SSSR count). The molecule has 1 aromatic rings. The maximum atomic E-state index is 5.45. The third-order valence-corrected chi connectivity index (χ3v) is 3.47. The average molecular weight is 261 g/mol. The molecule has 1 atom stereocenters. The fourth-order valence-corrected chi connectivity index (χ4v) is 2.32. The van der Waals surface area contributed by atoms with Crippen LogP contribution in [0.1, 0.15) is 30.5 Å². The van der Waals surface area contributed by atoms with E-state index in [4.69, 9.17) is 9.47 Å². The molecule has 19 heavy (non-hydrogen) atoms. The molecule has 0 saturated heterocycles. The zero-order chi connectivity index (χ0) is 13.7. The van der Waals surface area contributed by atoms with Crippen LogP contribution >= 0.6 is 0 Å². The third kappa shape index (κ3) is 3.82. The Balaban J connectivity index is 2.00. The lowest BCUT2D eigenvalue weighted by atomic mass is 10.0. The van der Waals surface area contributed by atoms with Crippen molar-refractivity contribution in [3.05, 3.63) is 41.0 Å². The fourth-order valence-electron chi connectivity index (χ4n) is 2.32. The molecule has 104 valence electrons. The van der Waals surface area contributed by atoms with Gasteiger partial charge in [-0.2, -0.15) is 0 Å². The van der Waals surface area contributed by atoms with Gasteiger partial charge in [0, 0.05) is 18.2 Å². The summed E-state index contributed by atoms with van der Waals surface area (Å²) in [6.45, 7) is 6.75. The predicted molar refractivity (Wildman–Crippen MR) is 77.7 cm³/mol. The summed E-state index contributed by atoms with van der Waals surface area (Å²) in [7, 11) is 1.72. The number of hydrogen-bond donors (Lipinski definition) is 1. The molecule has 1 heterocycles. The summed E-state index contributed by atoms with van der Waals surface area (Å²) in [5.74, 6) is 0.944. The first kappa shape index (κ1) is 14.1. The Morgan fingerprint density at radius 1 is 1.42 bits per heavy atom. The molecule has 1 aliphatic heterocycles. The van der Waals surface area contributed by atoms with Crippen LogP contribution in [-0.4, -0.2) is 26.9 Å². The average Bonchev–Trinajstić information content (AvgIpc) is 2.46. The van der Waals surface area contributed by atoms with Crippen LogP contribution in [0, 0.1) is 6.92 Å². The molecule has 0 amide bonds. The topological polar surface area (TPSA) is 30.5 Å². The number of aryl methyl sites for hydroxylation is 1. The molecule has 1 aliphatic rings. The predicted octanol–water partition coefficient (Wildman–Crippen LogP) is 3.00. The van der Waals surface area contributed by atoms with Crippen molar-refractivity contribution in [1.82, 2.24) is 5.32 Å². The highest BCUT2D eigenvalue weighted by atomic mass is 16.5. The molecule has 3 nitrogen and oxygen atoms in total. The summed E-state index contributed by atoms with van der Waals surface area (Å²) >= 11 is 0. The maximum absolute atomic E-state index is 5.45.